The number of hydrazine groups is 4. The molecule has 0 saturated carbocycles. The number of hydrogen-bond acceptors (Lipinski definition) is 18. The predicted molar refractivity (Wildman–Crippen MR) is 395 cm³/mol. The zero-order valence-electron chi connectivity index (χ0n) is 59.6. The van der Waals surface area contributed by atoms with E-state index in [0.29, 0.717) is 92.0 Å². The van der Waals surface area contributed by atoms with E-state index in [4.69, 9.17) is 0 Å². The van der Waals surface area contributed by atoms with Gasteiger partial charge >= 0.3 is 0 Å². The first kappa shape index (κ1) is 72.2. The van der Waals surface area contributed by atoms with Gasteiger partial charge in [-0.15, -0.1) is 10.2 Å². The van der Waals surface area contributed by atoms with Crippen molar-refractivity contribution in [1.82, 2.24) is 49.9 Å². The molecule has 538 valence electrons. The van der Waals surface area contributed by atoms with Gasteiger partial charge in [-0.05, 0) is 100 Å². The Morgan fingerprint density at radius 1 is 0.269 bits per heavy atom. The van der Waals surface area contributed by atoms with E-state index in [9.17, 15) is 38.4 Å². The highest BCUT2D eigenvalue weighted by molar-refractivity contribution is 6.30. The van der Waals surface area contributed by atoms with Crippen LogP contribution in [0.25, 0.3) is 43.1 Å². The van der Waals surface area contributed by atoms with E-state index in [2.05, 4.69) is 21.3 Å². The normalized spacial score (nSPS) is 13.9. The quantitative estimate of drug-likeness (QED) is 0.0232. The second-order valence-electron chi connectivity index (χ2n) is 25.4. The molecule has 26 heteroatoms. The Labute approximate surface area is 601 Å². The van der Waals surface area contributed by atoms with Crippen LogP contribution in [0.4, 0.5) is 22.7 Å². The molecule has 12 rings (SSSR count). The fourth-order valence-electron chi connectivity index (χ4n) is 14.7. The SMILES string of the molecule is CCNc1ccc2c3c(cccc13)C(=O)N(CCN(C(=O)CC)N(CCN(N(CCN1C(=O)c3cccc4c(NCC)ccc(c34)C1=O)C(=O)CC)N(CCN1C(=O)c3cccc4c(NCC)ccc(c34)C1=O)C(=O)CC)N(CCN1C(=O)c3cccc4c(NCC)ccc(c34)C1=O)C(=O)CC)C2=O. The van der Waals surface area contributed by atoms with Crippen molar-refractivity contribution in [2.75, 3.05) is 113 Å². The molecule has 8 aromatic rings. The summed E-state index contributed by atoms with van der Waals surface area (Å²) in [7, 11) is 0. The van der Waals surface area contributed by atoms with Gasteiger partial charge in [0.15, 0.2) is 0 Å². The fourth-order valence-corrected chi connectivity index (χ4v) is 14.7. The lowest BCUT2D eigenvalue weighted by atomic mass is 9.93. The topological polar surface area (TPSA) is 285 Å². The lowest BCUT2D eigenvalue weighted by molar-refractivity contribution is -0.224. The molecule has 0 atom stereocenters. The van der Waals surface area contributed by atoms with Crippen LogP contribution in [-0.4, -0.2) is 212 Å². The van der Waals surface area contributed by atoms with Crippen molar-refractivity contribution < 1.29 is 57.5 Å². The molecule has 0 bridgehead atoms. The largest absolute Gasteiger partial charge is 0.385 e. The lowest BCUT2D eigenvalue weighted by Crippen LogP contribution is -2.65. The number of rotatable bonds is 31. The first-order valence-electron chi connectivity index (χ1n) is 35.7. The van der Waals surface area contributed by atoms with Crippen LogP contribution in [-0.2, 0) is 19.2 Å². The van der Waals surface area contributed by atoms with Crippen LogP contribution in [0.2, 0.25) is 0 Å². The number of nitrogens with zero attached hydrogens (tertiary/aromatic N) is 10. The molecule has 0 saturated heterocycles. The monoisotopic (exact) mass is 1410 g/mol. The number of carbonyl (C=O) groups excluding carboxylic acids is 12. The molecule has 4 N–H and O–H groups in total. The van der Waals surface area contributed by atoms with E-state index >= 15 is 19.2 Å². The molecule has 0 aliphatic carbocycles. The molecule has 4 heterocycles. The van der Waals surface area contributed by atoms with Gasteiger partial charge in [-0.25, -0.2) is 0 Å². The number of anilines is 4. The Kier molecular flexibility index (Phi) is 21.2. The van der Waals surface area contributed by atoms with Gasteiger partial charge in [0.05, 0.1) is 39.3 Å². The Morgan fingerprint density at radius 2 is 0.462 bits per heavy atom. The molecule has 104 heavy (non-hydrogen) atoms. The van der Waals surface area contributed by atoms with Crippen molar-refractivity contribution in [3.05, 3.63) is 166 Å². The lowest BCUT2D eigenvalue weighted by Gasteiger charge is -2.47. The Balaban J connectivity index is 0.952. The molecule has 4 aliphatic heterocycles. The number of nitrogens with one attached hydrogen (secondary N) is 4. The van der Waals surface area contributed by atoms with Gasteiger partial charge in [-0.1, -0.05) is 76.2 Å². The number of benzene rings is 8. The molecular weight excluding hydrogens is 1320 g/mol. The summed E-state index contributed by atoms with van der Waals surface area (Å²) in [5, 5.41) is 24.8. The molecule has 26 nitrogen and oxygen atoms in total. The van der Waals surface area contributed by atoms with Crippen LogP contribution < -0.4 is 21.3 Å². The summed E-state index contributed by atoms with van der Waals surface area (Å²) in [4.78, 5) is 184. The summed E-state index contributed by atoms with van der Waals surface area (Å²) < 4.78 is 0. The zero-order chi connectivity index (χ0) is 73.9. The van der Waals surface area contributed by atoms with Crippen LogP contribution in [0.5, 0.6) is 0 Å². The van der Waals surface area contributed by atoms with Gasteiger partial charge in [-0.2, -0.15) is 0 Å². The van der Waals surface area contributed by atoms with Crippen LogP contribution in [0.1, 0.15) is 164 Å². The highest BCUT2D eigenvalue weighted by Gasteiger charge is 2.42. The molecular formula is C78H84N14O12. The maximum Gasteiger partial charge on any atom is 0.261 e. The average Bonchev–Trinajstić information content (AvgIpc) is 0.760. The van der Waals surface area contributed by atoms with Crippen LogP contribution >= 0.6 is 0 Å². The minimum atomic E-state index is -0.657. The van der Waals surface area contributed by atoms with Crippen LogP contribution in [0.3, 0.4) is 0 Å². The summed E-state index contributed by atoms with van der Waals surface area (Å²) in [5.41, 5.74) is 4.69. The Hall–Kier alpha value is -11.6. The van der Waals surface area contributed by atoms with Gasteiger partial charge in [-0.3, -0.25) is 97.2 Å². The van der Waals surface area contributed by atoms with E-state index in [-0.39, 0.29) is 70.2 Å². The number of imide groups is 4. The molecule has 0 aromatic heterocycles. The highest BCUT2D eigenvalue weighted by atomic mass is 16.2. The van der Waals surface area contributed by atoms with Gasteiger partial charge in [0.25, 0.3) is 47.3 Å². The summed E-state index contributed by atoms with van der Waals surface area (Å²) in [6.45, 7) is 11.5. The maximum absolute atomic E-state index is 15.2. The van der Waals surface area contributed by atoms with Crippen molar-refractivity contribution in [2.24, 2.45) is 0 Å². The van der Waals surface area contributed by atoms with Crippen molar-refractivity contribution in [1.29, 1.82) is 0 Å². The fraction of sp³-hybridized carbons (Fsp3) is 0.333. The third-order valence-corrected chi connectivity index (χ3v) is 19.6. The molecule has 0 radical (unpaired) electrons. The summed E-state index contributed by atoms with van der Waals surface area (Å²) in [5.74, 6) is -7.83. The van der Waals surface area contributed by atoms with Crippen LogP contribution in [0, 0.1) is 0 Å². The second-order valence-corrected chi connectivity index (χ2v) is 25.4. The van der Waals surface area contributed by atoms with Gasteiger partial charge in [0.2, 0.25) is 23.6 Å². The minimum Gasteiger partial charge on any atom is -0.385 e. The summed E-state index contributed by atoms with van der Waals surface area (Å²) in [6.07, 6.45) is -0.938. The minimum absolute atomic E-state index is 0.230. The van der Waals surface area contributed by atoms with E-state index in [0.717, 1.165) is 19.6 Å². The number of carbonyl (C=O) groups is 12. The van der Waals surface area contributed by atoms with Gasteiger partial charge in [0.1, 0.15) is 0 Å². The Bertz CT molecular complexity index is 4210. The highest BCUT2D eigenvalue weighted by Crippen LogP contribution is 2.39. The molecule has 8 aromatic carbocycles. The molecule has 0 fully saturated rings. The van der Waals surface area contributed by atoms with Crippen molar-refractivity contribution in [2.45, 2.75) is 81.1 Å². The third-order valence-electron chi connectivity index (χ3n) is 19.6. The van der Waals surface area contributed by atoms with Crippen LogP contribution in [0.15, 0.2) is 121 Å². The van der Waals surface area contributed by atoms with Gasteiger partial charge in [0, 0.05) is 188 Å². The van der Waals surface area contributed by atoms with Crippen molar-refractivity contribution in [3.8, 4) is 0 Å². The van der Waals surface area contributed by atoms with Crippen molar-refractivity contribution >= 4 is 137 Å². The summed E-state index contributed by atoms with van der Waals surface area (Å²) >= 11 is 0. The molecule has 12 amide bonds. The van der Waals surface area contributed by atoms with E-state index in [1.165, 1.54) is 30.3 Å². The summed E-state index contributed by atoms with van der Waals surface area (Å²) in [6, 6.07) is 34.1. The van der Waals surface area contributed by atoms with E-state index in [1.807, 2.05) is 52.0 Å². The second kappa shape index (κ2) is 30.5. The Morgan fingerprint density at radius 3 is 0.644 bits per heavy atom. The zero-order valence-corrected chi connectivity index (χ0v) is 59.6. The smallest absolute Gasteiger partial charge is 0.261 e. The first-order chi connectivity index (χ1) is 50.3. The molecule has 0 spiro atoms. The first-order valence-corrected chi connectivity index (χ1v) is 35.7. The maximum atomic E-state index is 15.2. The van der Waals surface area contributed by atoms with Crippen molar-refractivity contribution in [3.63, 3.8) is 0 Å². The van der Waals surface area contributed by atoms with E-state index < -0.39 is 136 Å². The molecule has 4 aliphatic rings. The van der Waals surface area contributed by atoms with E-state index in [1.54, 1.807) is 125 Å². The predicted octanol–water partition coefficient (Wildman–Crippen LogP) is 9.73. The third kappa shape index (κ3) is 12.8. The molecule has 0 unspecified atom stereocenters. The standard InChI is InChI=1S/C78H84N14O12/c1-9-63(93)87(41-37-83-71(97)51-25-17-21-47-59(79-13-5)33-29-55(67(47)51)75(83)101)91(88(64(94)10-2)42-38-84-72(98)52-26-18-22-48-60(80-14-6)34-30-56(68(48)52)76(84)102)45-46-92(89(65(95)11-3)43-39-85-73(99)53-27-19-23-49-61(81-15-7)35-31-57(69(49)53)77(85)103)90(66(96)12-4)44-40-86-74(100)54-28-20-24-50-62(82-16-8)36-32-58(70(50)54)78(86)104/h17-36,79-82H,9-16,37-46H2,1-8H3. The average molecular weight is 1410 g/mol. The number of amides is 12. The van der Waals surface area contributed by atoms with Gasteiger partial charge < -0.3 is 21.3 Å². The number of hydrogen-bond donors (Lipinski definition) is 4.